The first-order chi connectivity index (χ1) is 13.2. The SMILES string of the molecule is O=C(c1ccc2c(c1)OCO2)[C@H]1CCCN(C(=O)/C=C/c2ccncc2)C1. The zero-order valence-electron chi connectivity index (χ0n) is 14.8. The third-order valence-electron chi connectivity index (χ3n) is 4.89. The normalized spacial score (nSPS) is 18.7. The van der Waals surface area contributed by atoms with Crippen molar-refractivity contribution in [1.29, 1.82) is 0 Å². The Morgan fingerprint density at radius 1 is 1.11 bits per heavy atom. The quantitative estimate of drug-likeness (QED) is 0.616. The summed E-state index contributed by atoms with van der Waals surface area (Å²) in [6, 6.07) is 8.94. The number of Topliss-reactive ketones (excluding diaryl/α,β-unsaturated/α-hetero) is 1. The van der Waals surface area contributed by atoms with Crippen molar-refractivity contribution in [3.8, 4) is 11.5 Å². The van der Waals surface area contributed by atoms with E-state index < -0.39 is 0 Å². The van der Waals surface area contributed by atoms with Crippen molar-refractivity contribution in [3.05, 3.63) is 59.9 Å². The molecule has 2 aliphatic rings. The molecule has 4 rings (SSSR count). The number of hydrogen-bond donors (Lipinski definition) is 0. The molecule has 1 atom stereocenters. The molecule has 0 bridgehead atoms. The number of nitrogens with zero attached hydrogens (tertiary/aromatic N) is 2. The van der Waals surface area contributed by atoms with Crippen molar-refractivity contribution in [2.45, 2.75) is 12.8 Å². The number of carbonyl (C=O) groups is 2. The molecule has 1 amide bonds. The van der Waals surface area contributed by atoms with Crippen molar-refractivity contribution in [1.82, 2.24) is 9.88 Å². The smallest absolute Gasteiger partial charge is 0.246 e. The number of aromatic nitrogens is 1. The highest BCUT2D eigenvalue weighted by Gasteiger charge is 2.29. The highest BCUT2D eigenvalue weighted by molar-refractivity contribution is 5.99. The number of carbonyl (C=O) groups excluding carboxylic acids is 2. The van der Waals surface area contributed by atoms with Crippen LogP contribution in [0.3, 0.4) is 0 Å². The van der Waals surface area contributed by atoms with Gasteiger partial charge < -0.3 is 14.4 Å². The van der Waals surface area contributed by atoms with E-state index in [0.717, 1.165) is 18.4 Å². The Balaban J connectivity index is 1.42. The third kappa shape index (κ3) is 3.84. The molecule has 3 heterocycles. The number of fused-ring (bicyclic) bond motifs is 1. The van der Waals surface area contributed by atoms with Crippen LogP contribution in [0.5, 0.6) is 11.5 Å². The van der Waals surface area contributed by atoms with Crippen LogP contribution in [0.4, 0.5) is 0 Å². The van der Waals surface area contributed by atoms with Crippen LogP contribution in [0.2, 0.25) is 0 Å². The lowest BCUT2D eigenvalue weighted by atomic mass is 9.89. The predicted molar refractivity (Wildman–Crippen MR) is 99.5 cm³/mol. The largest absolute Gasteiger partial charge is 0.454 e. The standard InChI is InChI=1S/C21H20N2O4/c24-20(6-3-15-7-9-22-10-8-15)23-11-1-2-17(13-23)21(25)16-4-5-18-19(12-16)27-14-26-18/h3-10,12,17H,1-2,11,13-14H2/b6-3+/t17-/m0/s1. The Hall–Kier alpha value is -3.15. The molecule has 6 nitrogen and oxygen atoms in total. The van der Waals surface area contributed by atoms with Gasteiger partial charge in [-0.15, -0.1) is 0 Å². The number of piperidine rings is 1. The lowest BCUT2D eigenvalue weighted by Gasteiger charge is -2.31. The molecule has 0 spiro atoms. The van der Waals surface area contributed by atoms with Gasteiger partial charge >= 0.3 is 0 Å². The van der Waals surface area contributed by atoms with Gasteiger partial charge in [-0.2, -0.15) is 0 Å². The van der Waals surface area contributed by atoms with Crippen LogP contribution in [0.1, 0.15) is 28.8 Å². The number of likely N-dealkylation sites (tertiary alicyclic amines) is 1. The van der Waals surface area contributed by atoms with E-state index in [1.807, 2.05) is 12.1 Å². The second kappa shape index (κ2) is 7.61. The second-order valence-electron chi connectivity index (χ2n) is 6.67. The predicted octanol–water partition coefficient (Wildman–Crippen LogP) is 2.95. The number of amides is 1. The first-order valence-corrected chi connectivity index (χ1v) is 9.01. The van der Waals surface area contributed by atoms with Crippen molar-refractivity contribution >= 4 is 17.8 Å². The number of ether oxygens (including phenoxy) is 2. The summed E-state index contributed by atoms with van der Waals surface area (Å²) in [5.74, 6) is 1.04. The molecule has 1 aromatic carbocycles. The Morgan fingerprint density at radius 2 is 1.93 bits per heavy atom. The second-order valence-corrected chi connectivity index (χ2v) is 6.67. The first-order valence-electron chi connectivity index (χ1n) is 9.01. The lowest BCUT2D eigenvalue weighted by molar-refractivity contribution is -0.127. The zero-order chi connectivity index (χ0) is 18.6. The molecule has 0 saturated carbocycles. The fraction of sp³-hybridized carbons (Fsp3) is 0.286. The number of benzene rings is 1. The number of ketones is 1. The summed E-state index contributed by atoms with van der Waals surface area (Å²) in [5, 5.41) is 0. The van der Waals surface area contributed by atoms with Crippen LogP contribution >= 0.6 is 0 Å². The van der Waals surface area contributed by atoms with E-state index in [2.05, 4.69) is 4.98 Å². The molecule has 1 fully saturated rings. The maximum Gasteiger partial charge on any atom is 0.246 e. The fourth-order valence-corrected chi connectivity index (χ4v) is 3.42. The summed E-state index contributed by atoms with van der Waals surface area (Å²) in [5.41, 5.74) is 1.52. The molecule has 0 radical (unpaired) electrons. The summed E-state index contributed by atoms with van der Waals surface area (Å²) in [7, 11) is 0. The number of hydrogen-bond acceptors (Lipinski definition) is 5. The molecule has 138 valence electrons. The Kier molecular flexibility index (Phi) is 4.87. The molecule has 1 saturated heterocycles. The van der Waals surface area contributed by atoms with Crippen LogP contribution in [0, 0.1) is 5.92 Å². The lowest BCUT2D eigenvalue weighted by Crippen LogP contribution is -2.41. The van der Waals surface area contributed by atoms with Crippen LogP contribution in [-0.2, 0) is 4.79 Å². The van der Waals surface area contributed by atoms with Gasteiger partial charge in [0, 0.05) is 43.0 Å². The topological polar surface area (TPSA) is 68.7 Å². The molecule has 6 heteroatoms. The average molecular weight is 364 g/mol. The van der Waals surface area contributed by atoms with Gasteiger partial charge in [0.05, 0.1) is 0 Å². The van der Waals surface area contributed by atoms with Crippen molar-refractivity contribution < 1.29 is 19.1 Å². The first kappa shape index (κ1) is 17.3. The molecular weight excluding hydrogens is 344 g/mol. The molecule has 27 heavy (non-hydrogen) atoms. The third-order valence-corrected chi connectivity index (χ3v) is 4.89. The zero-order valence-corrected chi connectivity index (χ0v) is 14.8. The Morgan fingerprint density at radius 3 is 2.78 bits per heavy atom. The van der Waals surface area contributed by atoms with Gasteiger partial charge in [0.1, 0.15) is 0 Å². The van der Waals surface area contributed by atoms with Gasteiger partial charge in [0.2, 0.25) is 12.7 Å². The maximum atomic E-state index is 12.9. The molecule has 2 aromatic rings. The van der Waals surface area contributed by atoms with Crippen molar-refractivity contribution in [3.63, 3.8) is 0 Å². The molecular formula is C21H20N2O4. The van der Waals surface area contributed by atoms with Gasteiger partial charge in [-0.1, -0.05) is 0 Å². The number of rotatable bonds is 4. The van der Waals surface area contributed by atoms with E-state index in [0.29, 0.717) is 30.2 Å². The summed E-state index contributed by atoms with van der Waals surface area (Å²) in [6.07, 6.45) is 8.30. The summed E-state index contributed by atoms with van der Waals surface area (Å²) in [6.45, 7) is 1.29. The molecule has 0 N–H and O–H groups in total. The number of pyridine rings is 1. The molecule has 0 aliphatic carbocycles. The minimum Gasteiger partial charge on any atom is -0.454 e. The summed E-state index contributed by atoms with van der Waals surface area (Å²) >= 11 is 0. The van der Waals surface area contributed by atoms with E-state index in [4.69, 9.17) is 9.47 Å². The summed E-state index contributed by atoms with van der Waals surface area (Å²) < 4.78 is 10.7. The van der Waals surface area contributed by atoms with E-state index in [9.17, 15) is 9.59 Å². The Labute approximate surface area is 157 Å². The minimum atomic E-state index is -0.197. The Bertz CT molecular complexity index is 879. The highest BCUT2D eigenvalue weighted by atomic mass is 16.7. The van der Waals surface area contributed by atoms with Gasteiger partial charge in [-0.25, -0.2) is 0 Å². The van der Waals surface area contributed by atoms with E-state index >= 15 is 0 Å². The fourth-order valence-electron chi connectivity index (χ4n) is 3.42. The van der Waals surface area contributed by atoms with E-state index in [1.165, 1.54) is 0 Å². The van der Waals surface area contributed by atoms with Gasteiger partial charge in [-0.05, 0) is 54.8 Å². The maximum absolute atomic E-state index is 12.9. The van der Waals surface area contributed by atoms with Gasteiger partial charge in [0.25, 0.3) is 0 Å². The summed E-state index contributed by atoms with van der Waals surface area (Å²) in [4.78, 5) is 31.1. The van der Waals surface area contributed by atoms with Crippen LogP contribution < -0.4 is 9.47 Å². The van der Waals surface area contributed by atoms with E-state index in [1.54, 1.807) is 47.6 Å². The van der Waals surface area contributed by atoms with Crippen LogP contribution in [0.15, 0.2) is 48.8 Å². The molecule has 1 aromatic heterocycles. The average Bonchev–Trinajstić information content (AvgIpc) is 3.20. The van der Waals surface area contributed by atoms with Crippen LogP contribution in [-0.4, -0.2) is 41.5 Å². The minimum absolute atomic E-state index is 0.0453. The highest BCUT2D eigenvalue weighted by Crippen LogP contribution is 2.33. The van der Waals surface area contributed by atoms with Crippen LogP contribution in [0.25, 0.3) is 6.08 Å². The molecule has 0 unspecified atom stereocenters. The van der Waals surface area contributed by atoms with Gasteiger partial charge in [-0.3, -0.25) is 14.6 Å². The molecule has 2 aliphatic heterocycles. The van der Waals surface area contributed by atoms with Gasteiger partial charge in [0.15, 0.2) is 17.3 Å². The van der Waals surface area contributed by atoms with Crippen molar-refractivity contribution in [2.24, 2.45) is 5.92 Å². The monoisotopic (exact) mass is 364 g/mol. The van der Waals surface area contributed by atoms with E-state index in [-0.39, 0.29) is 24.4 Å². The van der Waals surface area contributed by atoms with Crippen molar-refractivity contribution in [2.75, 3.05) is 19.9 Å².